The van der Waals surface area contributed by atoms with Crippen LogP contribution in [0.1, 0.15) is 17.5 Å². The van der Waals surface area contributed by atoms with Crippen LogP contribution in [0.25, 0.3) is 0 Å². The summed E-state index contributed by atoms with van der Waals surface area (Å²) in [5, 5.41) is 11.9. The highest BCUT2D eigenvalue weighted by molar-refractivity contribution is 5.69. The molecule has 0 unspecified atom stereocenters. The molecule has 1 aromatic rings. The fourth-order valence-corrected chi connectivity index (χ4v) is 2.22. The highest BCUT2D eigenvalue weighted by Gasteiger charge is 2.24. The predicted octanol–water partition coefficient (Wildman–Crippen LogP) is 0.890. The average molecular weight is 265 g/mol. The second-order valence-electron chi connectivity index (χ2n) is 4.66. The van der Waals surface area contributed by atoms with Gasteiger partial charge in [-0.25, -0.2) is 0 Å². The quantitative estimate of drug-likeness (QED) is 0.842. The second kappa shape index (κ2) is 5.99. The molecule has 0 spiro atoms. The molecule has 1 fully saturated rings. The van der Waals surface area contributed by atoms with Gasteiger partial charge in [-0.05, 0) is 19.1 Å². The largest absolute Gasteiger partial charge is 0.480 e. The molecule has 6 nitrogen and oxygen atoms in total. The van der Waals surface area contributed by atoms with Crippen LogP contribution in [-0.2, 0) is 9.53 Å². The SMILES string of the molecule is CNc1cc(C)nc([C@@H]2CN(CC(=O)O)CCO2)c1. The number of carboxylic acid groups (broad SMARTS) is 1. The first-order valence-electron chi connectivity index (χ1n) is 6.30. The Labute approximate surface area is 112 Å². The fraction of sp³-hybridized carbons (Fsp3) is 0.538. The van der Waals surface area contributed by atoms with Crippen LogP contribution in [0.5, 0.6) is 0 Å². The number of nitrogens with one attached hydrogen (secondary N) is 1. The number of anilines is 1. The first kappa shape index (κ1) is 13.8. The van der Waals surface area contributed by atoms with Crippen molar-refractivity contribution in [2.24, 2.45) is 0 Å². The molecule has 6 heteroatoms. The smallest absolute Gasteiger partial charge is 0.317 e. The van der Waals surface area contributed by atoms with E-state index in [1.807, 2.05) is 31.0 Å². The summed E-state index contributed by atoms with van der Waals surface area (Å²) in [4.78, 5) is 17.1. The van der Waals surface area contributed by atoms with Crippen molar-refractivity contribution in [3.63, 3.8) is 0 Å². The molecule has 0 radical (unpaired) electrons. The van der Waals surface area contributed by atoms with Crippen molar-refractivity contribution in [1.82, 2.24) is 9.88 Å². The van der Waals surface area contributed by atoms with Gasteiger partial charge in [0.05, 0.1) is 18.8 Å². The van der Waals surface area contributed by atoms with Crippen LogP contribution in [-0.4, -0.2) is 54.2 Å². The van der Waals surface area contributed by atoms with Crippen LogP contribution >= 0.6 is 0 Å². The Kier molecular flexibility index (Phi) is 4.34. The van der Waals surface area contributed by atoms with E-state index in [4.69, 9.17) is 9.84 Å². The number of hydrogen-bond acceptors (Lipinski definition) is 5. The molecule has 2 heterocycles. The second-order valence-corrected chi connectivity index (χ2v) is 4.66. The standard InChI is InChI=1S/C13H19N3O3/c1-9-5-10(14-2)6-11(15-9)12-7-16(3-4-19-12)8-13(17)18/h5-6,12H,3-4,7-8H2,1-2H3,(H,14,15)(H,17,18)/t12-/m0/s1. The summed E-state index contributed by atoms with van der Waals surface area (Å²) in [6.45, 7) is 3.72. The third-order valence-corrected chi connectivity index (χ3v) is 3.10. The molecule has 1 aliphatic rings. The van der Waals surface area contributed by atoms with E-state index in [-0.39, 0.29) is 12.6 Å². The monoisotopic (exact) mass is 265 g/mol. The number of morpholine rings is 1. The molecule has 1 aliphatic heterocycles. The molecule has 19 heavy (non-hydrogen) atoms. The maximum Gasteiger partial charge on any atom is 0.317 e. The Morgan fingerprint density at radius 3 is 3.11 bits per heavy atom. The van der Waals surface area contributed by atoms with Gasteiger partial charge in [0.15, 0.2) is 0 Å². The fourth-order valence-electron chi connectivity index (χ4n) is 2.22. The van der Waals surface area contributed by atoms with Crippen molar-refractivity contribution in [3.05, 3.63) is 23.5 Å². The van der Waals surface area contributed by atoms with Gasteiger partial charge in [0.1, 0.15) is 6.10 Å². The van der Waals surface area contributed by atoms with Crippen molar-refractivity contribution in [1.29, 1.82) is 0 Å². The molecule has 0 bridgehead atoms. The van der Waals surface area contributed by atoms with Crippen LogP contribution in [0.4, 0.5) is 5.69 Å². The Morgan fingerprint density at radius 2 is 2.42 bits per heavy atom. The average Bonchev–Trinajstić information content (AvgIpc) is 2.37. The Bertz CT molecular complexity index is 464. The van der Waals surface area contributed by atoms with E-state index in [1.165, 1.54) is 0 Å². The number of nitrogens with zero attached hydrogens (tertiary/aromatic N) is 2. The maximum atomic E-state index is 10.8. The van der Waals surface area contributed by atoms with E-state index in [0.717, 1.165) is 17.1 Å². The molecule has 1 saturated heterocycles. The van der Waals surface area contributed by atoms with E-state index in [9.17, 15) is 4.79 Å². The summed E-state index contributed by atoms with van der Waals surface area (Å²) in [5.41, 5.74) is 2.75. The van der Waals surface area contributed by atoms with Gasteiger partial charge in [-0.1, -0.05) is 0 Å². The number of pyridine rings is 1. The van der Waals surface area contributed by atoms with Crippen LogP contribution in [0.3, 0.4) is 0 Å². The number of rotatable bonds is 4. The van der Waals surface area contributed by atoms with Gasteiger partial charge >= 0.3 is 5.97 Å². The maximum absolute atomic E-state index is 10.8. The molecule has 0 aromatic carbocycles. The van der Waals surface area contributed by atoms with Gasteiger partial charge in [0.2, 0.25) is 0 Å². The molecule has 1 aromatic heterocycles. The molecule has 2 N–H and O–H groups in total. The van der Waals surface area contributed by atoms with Gasteiger partial charge in [0, 0.05) is 31.5 Å². The number of aryl methyl sites for hydroxylation is 1. The molecule has 2 rings (SSSR count). The van der Waals surface area contributed by atoms with Gasteiger partial charge in [-0.2, -0.15) is 0 Å². The lowest BCUT2D eigenvalue weighted by Crippen LogP contribution is -2.41. The number of hydrogen-bond donors (Lipinski definition) is 2. The van der Waals surface area contributed by atoms with E-state index in [0.29, 0.717) is 19.7 Å². The van der Waals surface area contributed by atoms with Crippen LogP contribution in [0.15, 0.2) is 12.1 Å². The summed E-state index contributed by atoms with van der Waals surface area (Å²) in [5.74, 6) is -0.811. The van der Waals surface area contributed by atoms with Crippen LogP contribution in [0.2, 0.25) is 0 Å². The molecule has 0 saturated carbocycles. The number of aromatic nitrogens is 1. The number of carbonyl (C=O) groups is 1. The lowest BCUT2D eigenvalue weighted by atomic mass is 10.1. The first-order chi connectivity index (χ1) is 9.08. The molecular weight excluding hydrogens is 246 g/mol. The van der Waals surface area contributed by atoms with Gasteiger partial charge in [-0.15, -0.1) is 0 Å². The summed E-state index contributed by atoms with van der Waals surface area (Å²) >= 11 is 0. The molecule has 0 aliphatic carbocycles. The molecular formula is C13H19N3O3. The Balaban J connectivity index is 2.12. The topological polar surface area (TPSA) is 74.7 Å². The summed E-state index contributed by atoms with van der Waals surface area (Å²) < 4.78 is 5.71. The van der Waals surface area contributed by atoms with Crippen molar-refractivity contribution < 1.29 is 14.6 Å². The third kappa shape index (κ3) is 3.65. The van der Waals surface area contributed by atoms with E-state index < -0.39 is 5.97 Å². The van der Waals surface area contributed by atoms with Gasteiger partial charge < -0.3 is 15.2 Å². The lowest BCUT2D eigenvalue weighted by molar-refractivity contribution is -0.140. The summed E-state index contributed by atoms with van der Waals surface area (Å²) in [6.07, 6.45) is -0.167. The summed E-state index contributed by atoms with van der Waals surface area (Å²) in [7, 11) is 1.86. The van der Waals surface area contributed by atoms with E-state index >= 15 is 0 Å². The third-order valence-electron chi connectivity index (χ3n) is 3.10. The van der Waals surface area contributed by atoms with E-state index in [2.05, 4.69) is 10.3 Å². The van der Waals surface area contributed by atoms with E-state index in [1.54, 1.807) is 0 Å². The minimum atomic E-state index is -0.811. The van der Waals surface area contributed by atoms with Gasteiger partial charge in [0.25, 0.3) is 0 Å². The minimum Gasteiger partial charge on any atom is -0.480 e. The number of aliphatic carboxylic acids is 1. The minimum absolute atomic E-state index is 0.0462. The van der Waals surface area contributed by atoms with Gasteiger partial charge in [-0.3, -0.25) is 14.7 Å². The summed E-state index contributed by atoms with van der Waals surface area (Å²) in [6, 6.07) is 3.91. The zero-order chi connectivity index (χ0) is 13.8. The normalized spacial score (nSPS) is 20.2. The molecule has 0 amide bonds. The molecule has 104 valence electrons. The lowest BCUT2D eigenvalue weighted by Gasteiger charge is -2.31. The number of carboxylic acids is 1. The first-order valence-corrected chi connectivity index (χ1v) is 6.30. The van der Waals surface area contributed by atoms with Crippen molar-refractivity contribution in [2.75, 3.05) is 38.6 Å². The predicted molar refractivity (Wildman–Crippen MR) is 71.3 cm³/mol. The van der Waals surface area contributed by atoms with Crippen LogP contribution < -0.4 is 5.32 Å². The zero-order valence-corrected chi connectivity index (χ0v) is 11.2. The Hall–Kier alpha value is -1.66. The van der Waals surface area contributed by atoms with Crippen molar-refractivity contribution in [2.45, 2.75) is 13.0 Å². The Morgan fingerprint density at radius 1 is 1.63 bits per heavy atom. The molecule has 1 atom stereocenters. The van der Waals surface area contributed by atoms with Crippen molar-refractivity contribution in [3.8, 4) is 0 Å². The zero-order valence-electron chi connectivity index (χ0n) is 11.2. The highest BCUT2D eigenvalue weighted by atomic mass is 16.5. The highest BCUT2D eigenvalue weighted by Crippen LogP contribution is 2.23. The van der Waals surface area contributed by atoms with Crippen molar-refractivity contribution >= 4 is 11.7 Å². The van der Waals surface area contributed by atoms with Crippen LogP contribution in [0, 0.1) is 6.92 Å². The number of ether oxygens (including phenoxy) is 1.